The van der Waals surface area contributed by atoms with Gasteiger partial charge in [0.25, 0.3) is 5.22 Å². The molecule has 1 aromatic heterocycles. The minimum absolute atomic E-state index is 0.128. The van der Waals surface area contributed by atoms with E-state index in [0.717, 1.165) is 20.1 Å². The first-order valence-electron chi connectivity index (χ1n) is 10.4. The van der Waals surface area contributed by atoms with Crippen LogP contribution in [0.4, 0.5) is 0 Å². The normalized spacial score (nSPS) is 12.7. The Morgan fingerprint density at radius 2 is 1.49 bits per heavy atom. The van der Waals surface area contributed by atoms with Gasteiger partial charge in [0, 0.05) is 26.3 Å². The summed E-state index contributed by atoms with van der Waals surface area (Å²) in [4.78, 5) is 0.134. The Bertz CT molecular complexity index is 1380. The number of rotatable bonds is 9. The third-order valence-electron chi connectivity index (χ3n) is 5.16. The lowest BCUT2D eigenvalue weighted by Crippen LogP contribution is -2.33. The minimum atomic E-state index is -3.90. The summed E-state index contributed by atoms with van der Waals surface area (Å²) < 4.78 is 36.4. The number of nitrogens with zero attached hydrogens (tertiary/aromatic N) is 3. The largest absolute Gasteiger partial charge is 0.414 e. The second kappa shape index (κ2) is 11.6. The lowest BCUT2D eigenvalue weighted by atomic mass is 10.2. The van der Waals surface area contributed by atoms with Crippen LogP contribution in [0.25, 0.3) is 0 Å². The minimum Gasteiger partial charge on any atom is -0.414 e. The first kappa shape index (κ1) is 26.4. The van der Waals surface area contributed by atoms with Crippen molar-refractivity contribution in [2.24, 2.45) is 0 Å². The predicted octanol–water partition coefficient (Wildman–Crippen LogP) is 7.49. The summed E-state index contributed by atoms with van der Waals surface area (Å²) >= 11 is 14.2. The number of hydrogen-bond donors (Lipinski definition) is 0. The average Bonchev–Trinajstić information content (AvgIpc) is 3.32. The van der Waals surface area contributed by atoms with E-state index in [1.54, 1.807) is 19.1 Å². The third kappa shape index (κ3) is 6.75. The van der Waals surface area contributed by atoms with Crippen LogP contribution in [0.2, 0.25) is 5.02 Å². The Morgan fingerprint density at radius 1 is 0.914 bits per heavy atom. The first-order valence-corrected chi connectivity index (χ1v) is 14.8. The molecule has 4 aromatic rings. The van der Waals surface area contributed by atoms with Crippen molar-refractivity contribution in [2.45, 2.75) is 35.4 Å². The zero-order valence-electron chi connectivity index (χ0n) is 18.4. The lowest BCUT2D eigenvalue weighted by molar-refractivity contribution is 0.272. The maximum atomic E-state index is 13.6. The van der Waals surface area contributed by atoms with E-state index < -0.39 is 16.1 Å². The third-order valence-corrected chi connectivity index (χ3v) is 9.29. The molecular formula is C24H20Br2ClN3O3S2. The SMILES string of the molecule is CC(c1nnc(SCc2ccc(Br)cc2)o1)N(Cc1ccc(Br)cc1)S(=O)(=O)c1ccc(Cl)cc1. The topological polar surface area (TPSA) is 76.3 Å². The molecule has 4 rings (SSSR count). The Balaban J connectivity index is 1.59. The number of aromatic nitrogens is 2. The van der Waals surface area contributed by atoms with Gasteiger partial charge in [-0.1, -0.05) is 79.5 Å². The maximum absolute atomic E-state index is 13.6. The molecule has 0 aliphatic heterocycles. The van der Waals surface area contributed by atoms with Gasteiger partial charge in [-0.25, -0.2) is 8.42 Å². The average molecular weight is 658 g/mol. The van der Waals surface area contributed by atoms with Crippen LogP contribution in [-0.4, -0.2) is 22.9 Å². The van der Waals surface area contributed by atoms with Gasteiger partial charge in [0.15, 0.2) is 0 Å². The van der Waals surface area contributed by atoms with E-state index in [1.807, 2.05) is 48.5 Å². The molecule has 0 aliphatic carbocycles. The molecule has 1 atom stereocenters. The second-order valence-corrected chi connectivity index (χ2v) is 12.7. The number of sulfonamides is 1. The molecule has 0 fully saturated rings. The number of hydrogen-bond acceptors (Lipinski definition) is 6. The van der Waals surface area contributed by atoms with E-state index in [2.05, 4.69) is 42.1 Å². The van der Waals surface area contributed by atoms with Crippen LogP contribution in [0, 0.1) is 0 Å². The molecule has 1 heterocycles. The van der Waals surface area contributed by atoms with Gasteiger partial charge in [0.05, 0.1) is 4.90 Å². The molecule has 1 unspecified atom stereocenters. The molecule has 11 heteroatoms. The van der Waals surface area contributed by atoms with Crippen molar-refractivity contribution in [3.8, 4) is 0 Å². The van der Waals surface area contributed by atoms with E-state index in [-0.39, 0.29) is 17.3 Å². The van der Waals surface area contributed by atoms with Crippen LogP contribution < -0.4 is 0 Å². The number of benzene rings is 3. The molecule has 0 saturated carbocycles. The molecule has 0 aliphatic rings. The zero-order chi connectivity index (χ0) is 25.0. The summed E-state index contributed by atoms with van der Waals surface area (Å²) in [5.74, 6) is 0.868. The molecule has 0 N–H and O–H groups in total. The summed E-state index contributed by atoms with van der Waals surface area (Å²) in [7, 11) is -3.90. The highest BCUT2D eigenvalue weighted by Crippen LogP contribution is 2.32. The van der Waals surface area contributed by atoms with E-state index in [0.29, 0.717) is 16.0 Å². The molecular weight excluding hydrogens is 638 g/mol. The zero-order valence-corrected chi connectivity index (χ0v) is 24.0. The van der Waals surface area contributed by atoms with Gasteiger partial charge in [0.1, 0.15) is 6.04 Å². The van der Waals surface area contributed by atoms with Crippen molar-refractivity contribution in [1.82, 2.24) is 14.5 Å². The maximum Gasteiger partial charge on any atom is 0.276 e. The van der Waals surface area contributed by atoms with E-state index in [9.17, 15) is 8.42 Å². The van der Waals surface area contributed by atoms with Gasteiger partial charge in [-0.3, -0.25) is 0 Å². The van der Waals surface area contributed by atoms with Crippen LogP contribution in [0.5, 0.6) is 0 Å². The molecule has 0 amide bonds. The number of thioether (sulfide) groups is 1. The summed E-state index contributed by atoms with van der Waals surface area (Å²) in [6.07, 6.45) is 0. The first-order chi connectivity index (χ1) is 16.7. The van der Waals surface area contributed by atoms with Gasteiger partial charge in [0.2, 0.25) is 15.9 Å². The van der Waals surface area contributed by atoms with Crippen molar-refractivity contribution >= 4 is 65.2 Å². The summed E-state index contributed by atoms with van der Waals surface area (Å²) in [6, 6.07) is 20.8. The monoisotopic (exact) mass is 655 g/mol. The fourth-order valence-electron chi connectivity index (χ4n) is 3.24. The summed E-state index contributed by atoms with van der Waals surface area (Å²) in [6.45, 7) is 1.87. The lowest BCUT2D eigenvalue weighted by Gasteiger charge is -2.26. The van der Waals surface area contributed by atoms with Crippen molar-refractivity contribution in [3.05, 3.63) is 104 Å². The van der Waals surface area contributed by atoms with Gasteiger partial charge < -0.3 is 4.42 Å². The molecule has 0 radical (unpaired) electrons. The Kier molecular flexibility index (Phi) is 8.72. The molecule has 0 spiro atoms. The van der Waals surface area contributed by atoms with Crippen molar-refractivity contribution in [2.75, 3.05) is 0 Å². The van der Waals surface area contributed by atoms with E-state index in [4.69, 9.17) is 16.0 Å². The van der Waals surface area contributed by atoms with Crippen molar-refractivity contribution in [1.29, 1.82) is 0 Å². The molecule has 182 valence electrons. The van der Waals surface area contributed by atoms with Gasteiger partial charge in [-0.2, -0.15) is 4.31 Å². The van der Waals surface area contributed by atoms with Crippen LogP contribution in [-0.2, 0) is 22.3 Å². The highest BCUT2D eigenvalue weighted by atomic mass is 79.9. The highest BCUT2D eigenvalue weighted by Gasteiger charge is 2.33. The van der Waals surface area contributed by atoms with Crippen molar-refractivity contribution in [3.63, 3.8) is 0 Å². The van der Waals surface area contributed by atoms with Crippen LogP contribution >= 0.6 is 55.2 Å². The Morgan fingerprint density at radius 3 is 2.09 bits per heavy atom. The van der Waals surface area contributed by atoms with Crippen LogP contribution in [0.1, 0.15) is 30.0 Å². The van der Waals surface area contributed by atoms with Gasteiger partial charge >= 0.3 is 0 Å². The highest BCUT2D eigenvalue weighted by molar-refractivity contribution is 9.10. The second-order valence-electron chi connectivity index (χ2n) is 7.63. The quantitative estimate of drug-likeness (QED) is 0.174. The van der Waals surface area contributed by atoms with Crippen LogP contribution in [0.15, 0.2) is 96.3 Å². The molecule has 6 nitrogen and oxygen atoms in total. The number of halogens is 3. The summed E-state index contributed by atoms with van der Waals surface area (Å²) in [5, 5.41) is 9.13. The Hall–Kier alpha value is -1.69. The smallest absolute Gasteiger partial charge is 0.276 e. The predicted molar refractivity (Wildman–Crippen MR) is 145 cm³/mol. The Labute approximate surface area is 230 Å². The molecule has 35 heavy (non-hydrogen) atoms. The van der Waals surface area contributed by atoms with E-state index in [1.165, 1.54) is 28.2 Å². The molecule has 0 saturated heterocycles. The fourth-order valence-corrected chi connectivity index (χ4v) is 6.19. The van der Waals surface area contributed by atoms with Crippen LogP contribution in [0.3, 0.4) is 0 Å². The standard InChI is InChI=1S/C24H20Br2ClN3O3S2/c1-16(23-28-29-24(33-23)34-15-18-4-8-20(26)9-5-18)30(14-17-2-6-19(25)7-3-17)35(31,32)22-12-10-21(27)11-13-22/h2-13,16H,14-15H2,1H3. The van der Waals surface area contributed by atoms with Gasteiger partial charge in [-0.15, -0.1) is 10.2 Å². The van der Waals surface area contributed by atoms with Crippen molar-refractivity contribution < 1.29 is 12.8 Å². The molecule has 0 bridgehead atoms. The van der Waals surface area contributed by atoms with E-state index >= 15 is 0 Å². The fraction of sp³-hybridized carbons (Fsp3) is 0.167. The molecule has 3 aromatic carbocycles. The summed E-state index contributed by atoms with van der Waals surface area (Å²) in [5.41, 5.74) is 1.93. The van der Waals surface area contributed by atoms with Gasteiger partial charge in [-0.05, 0) is 66.6 Å².